The number of carbonyl (C=O) groups is 1. The summed E-state index contributed by atoms with van der Waals surface area (Å²) < 4.78 is 0.841. The number of alkyl halides is 1. The number of carbonyl (C=O) groups excluding carboxylic acids is 1. The number of primary amides is 1. The summed E-state index contributed by atoms with van der Waals surface area (Å²) in [5.74, 6) is 0. The van der Waals surface area contributed by atoms with E-state index in [1.165, 1.54) is 0 Å². The summed E-state index contributed by atoms with van der Waals surface area (Å²) in [6.07, 6.45) is 0. The zero-order chi connectivity index (χ0) is 9.84. The number of rotatable bonds is 2. The van der Waals surface area contributed by atoms with Crippen LogP contribution in [0.4, 0.5) is 10.5 Å². The predicted octanol–water partition coefficient (Wildman–Crippen LogP) is 2.77. The van der Waals surface area contributed by atoms with Gasteiger partial charge in [-0.1, -0.05) is 40.3 Å². The zero-order valence-electron chi connectivity index (χ0n) is 6.68. The molecule has 0 bridgehead atoms. The molecule has 5 heteroatoms. The number of anilines is 1. The van der Waals surface area contributed by atoms with Crippen molar-refractivity contribution in [2.75, 3.05) is 5.32 Å². The highest BCUT2D eigenvalue weighted by Crippen LogP contribution is 2.22. The van der Waals surface area contributed by atoms with Crippen LogP contribution in [-0.2, 0) is 4.43 Å². The molecule has 70 valence electrons. The lowest BCUT2D eigenvalue weighted by Gasteiger charge is -2.04. The second kappa shape index (κ2) is 4.66. The van der Waals surface area contributed by atoms with E-state index in [0.717, 1.165) is 9.99 Å². The Balaban J connectivity index is 2.89. The van der Waals surface area contributed by atoms with E-state index in [2.05, 4.69) is 27.9 Å². The van der Waals surface area contributed by atoms with Gasteiger partial charge in [0.05, 0.1) is 0 Å². The van der Waals surface area contributed by atoms with E-state index in [1.807, 2.05) is 6.07 Å². The van der Waals surface area contributed by atoms with Crippen LogP contribution in [0.15, 0.2) is 18.2 Å². The number of urea groups is 1. The minimum Gasteiger partial charge on any atom is -0.351 e. The quantitative estimate of drug-likeness (QED) is 0.640. The van der Waals surface area contributed by atoms with E-state index >= 15 is 0 Å². The van der Waals surface area contributed by atoms with Crippen LogP contribution < -0.4 is 11.1 Å². The van der Waals surface area contributed by atoms with Gasteiger partial charge < -0.3 is 11.1 Å². The molecule has 0 atom stereocenters. The van der Waals surface area contributed by atoms with Crippen LogP contribution >= 0.6 is 34.2 Å². The Morgan fingerprint density at radius 2 is 2.31 bits per heavy atom. The average molecular weight is 311 g/mol. The Bertz CT molecular complexity index is 330. The highest BCUT2D eigenvalue weighted by Gasteiger charge is 2.01. The molecule has 0 aliphatic carbocycles. The molecule has 0 radical (unpaired) electrons. The third-order valence-corrected chi connectivity index (χ3v) is 2.64. The van der Waals surface area contributed by atoms with Gasteiger partial charge in [0.2, 0.25) is 0 Å². The molecule has 0 saturated carbocycles. The van der Waals surface area contributed by atoms with E-state index in [4.69, 9.17) is 17.3 Å². The van der Waals surface area contributed by atoms with Gasteiger partial charge in [-0.25, -0.2) is 4.79 Å². The molecule has 2 amide bonds. The van der Waals surface area contributed by atoms with Crippen molar-refractivity contribution < 1.29 is 4.79 Å². The normalized spacial score (nSPS) is 9.69. The van der Waals surface area contributed by atoms with Crippen LogP contribution in [0.1, 0.15) is 5.56 Å². The number of benzene rings is 1. The second-order valence-electron chi connectivity index (χ2n) is 2.43. The molecule has 0 fully saturated rings. The summed E-state index contributed by atoms with van der Waals surface area (Å²) >= 11 is 8.14. The Morgan fingerprint density at radius 1 is 1.62 bits per heavy atom. The fraction of sp³-hybridized carbons (Fsp3) is 0.125. The van der Waals surface area contributed by atoms with Crippen LogP contribution in [-0.4, -0.2) is 6.03 Å². The van der Waals surface area contributed by atoms with E-state index in [0.29, 0.717) is 10.7 Å². The summed E-state index contributed by atoms with van der Waals surface area (Å²) in [7, 11) is 0. The molecule has 0 aromatic heterocycles. The van der Waals surface area contributed by atoms with Crippen molar-refractivity contribution in [3.63, 3.8) is 0 Å². The zero-order valence-corrected chi connectivity index (χ0v) is 9.59. The van der Waals surface area contributed by atoms with Gasteiger partial charge in [-0.15, -0.1) is 0 Å². The number of nitrogens with two attached hydrogens (primary N) is 1. The van der Waals surface area contributed by atoms with E-state index in [1.54, 1.807) is 12.1 Å². The summed E-state index contributed by atoms with van der Waals surface area (Å²) in [5, 5.41) is 3.09. The molecule has 3 N–H and O–H groups in total. The van der Waals surface area contributed by atoms with Gasteiger partial charge in [0, 0.05) is 15.1 Å². The molecule has 0 aliphatic heterocycles. The van der Waals surface area contributed by atoms with Crippen molar-refractivity contribution in [2.45, 2.75) is 4.43 Å². The number of hydrogen-bond donors (Lipinski definition) is 2. The molecular weight excluding hydrogens is 302 g/mol. The number of hydrogen-bond acceptors (Lipinski definition) is 1. The number of halogens is 2. The van der Waals surface area contributed by atoms with Gasteiger partial charge in [-0.3, -0.25) is 0 Å². The van der Waals surface area contributed by atoms with Crippen molar-refractivity contribution in [1.29, 1.82) is 0 Å². The maximum atomic E-state index is 10.5. The van der Waals surface area contributed by atoms with Gasteiger partial charge in [0.15, 0.2) is 0 Å². The highest BCUT2D eigenvalue weighted by atomic mass is 127. The van der Waals surface area contributed by atoms with E-state index < -0.39 is 6.03 Å². The molecule has 0 heterocycles. The Hall–Kier alpha value is -0.490. The standard InChI is InChI=1S/C8H8ClIN2O/c9-7-3-6(12-8(11)13)2-1-5(7)4-10/h1-3H,4H2,(H3,11,12,13). The first-order valence-corrected chi connectivity index (χ1v) is 5.44. The fourth-order valence-electron chi connectivity index (χ4n) is 0.876. The maximum Gasteiger partial charge on any atom is 0.316 e. The summed E-state index contributed by atoms with van der Waals surface area (Å²) in [6, 6.07) is 4.73. The molecule has 0 saturated heterocycles. The number of nitrogens with one attached hydrogen (secondary N) is 1. The third kappa shape index (κ3) is 3.04. The van der Waals surface area contributed by atoms with Gasteiger partial charge in [-0.05, 0) is 17.7 Å². The van der Waals surface area contributed by atoms with Crippen molar-refractivity contribution >= 4 is 45.9 Å². The Morgan fingerprint density at radius 3 is 2.77 bits per heavy atom. The van der Waals surface area contributed by atoms with Crippen molar-refractivity contribution in [1.82, 2.24) is 0 Å². The van der Waals surface area contributed by atoms with Crippen LogP contribution in [0.5, 0.6) is 0 Å². The predicted molar refractivity (Wildman–Crippen MR) is 62.4 cm³/mol. The van der Waals surface area contributed by atoms with Crippen LogP contribution in [0.25, 0.3) is 0 Å². The molecule has 1 aromatic carbocycles. The van der Waals surface area contributed by atoms with E-state index in [9.17, 15) is 4.79 Å². The van der Waals surface area contributed by atoms with Gasteiger partial charge in [0.1, 0.15) is 0 Å². The molecule has 3 nitrogen and oxygen atoms in total. The monoisotopic (exact) mass is 310 g/mol. The minimum atomic E-state index is -0.585. The maximum absolute atomic E-state index is 10.5. The van der Waals surface area contributed by atoms with Crippen LogP contribution in [0, 0.1) is 0 Å². The first kappa shape index (κ1) is 10.6. The molecule has 0 spiro atoms. The van der Waals surface area contributed by atoms with Gasteiger partial charge in [-0.2, -0.15) is 0 Å². The van der Waals surface area contributed by atoms with Gasteiger partial charge >= 0.3 is 6.03 Å². The van der Waals surface area contributed by atoms with Crippen molar-refractivity contribution in [2.24, 2.45) is 5.73 Å². The number of amides is 2. The lowest BCUT2D eigenvalue weighted by Crippen LogP contribution is -2.19. The van der Waals surface area contributed by atoms with Crippen LogP contribution in [0.3, 0.4) is 0 Å². The average Bonchev–Trinajstić information content (AvgIpc) is 2.03. The molecular formula is C8H8ClIN2O. The topological polar surface area (TPSA) is 55.1 Å². The fourth-order valence-corrected chi connectivity index (χ4v) is 2.01. The summed E-state index contributed by atoms with van der Waals surface area (Å²) in [5.41, 5.74) is 6.61. The lowest BCUT2D eigenvalue weighted by atomic mass is 10.2. The summed E-state index contributed by atoms with van der Waals surface area (Å²) in [6.45, 7) is 0. The Kier molecular flexibility index (Phi) is 3.80. The lowest BCUT2D eigenvalue weighted by molar-refractivity contribution is 0.259. The molecule has 0 aliphatic rings. The SMILES string of the molecule is NC(=O)Nc1ccc(CI)c(Cl)c1. The Labute approximate surface area is 94.8 Å². The summed E-state index contributed by atoms with van der Waals surface area (Å²) in [4.78, 5) is 10.5. The minimum absolute atomic E-state index is 0.585. The first-order chi connectivity index (χ1) is 6.13. The van der Waals surface area contributed by atoms with Crippen LogP contribution in [0.2, 0.25) is 5.02 Å². The first-order valence-electron chi connectivity index (χ1n) is 3.54. The highest BCUT2D eigenvalue weighted by molar-refractivity contribution is 14.1. The van der Waals surface area contributed by atoms with E-state index in [-0.39, 0.29) is 0 Å². The molecule has 13 heavy (non-hydrogen) atoms. The largest absolute Gasteiger partial charge is 0.351 e. The van der Waals surface area contributed by atoms with Gasteiger partial charge in [0.25, 0.3) is 0 Å². The molecule has 0 unspecified atom stereocenters. The third-order valence-electron chi connectivity index (χ3n) is 1.46. The second-order valence-corrected chi connectivity index (χ2v) is 3.60. The molecule has 1 rings (SSSR count). The van der Waals surface area contributed by atoms with Crippen molar-refractivity contribution in [3.05, 3.63) is 28.8 Å². The molecule has 1 aromatic rings. The van der Waals surface area contributed by atoms with Crippen molar-refractivity contribution in [3.8, 4) is 0 Å². The smallest absolute Gasteiger partial charge is 0.316 e.